The normalized spacial score (nSPS) is 14.6. The van der Waals surface area contributed by atoms with Crippen LogP contribution >= 0.6 is 0 Å². The molecule has 3 rings (SSSR count). The molecule has 0 spiro atoms. The Morgan fingerprint density at radius 1 is 1.17 bits per heavy atom. The van der Waals surface area contributed by atoms with Crippen LogP contribution in [0.5, 0.6) is 0 Å². The minimum atomic E-state index is 0.116. The van der Waals surface area contributed by atoms with Crippen LogP contribution in [0.2, 0.25) is 0 Å². The molecule has 1 aliphatic heterocycles. The van der Waals surface area contributed by atoms with Gasteiger partial charge in [0, 0.05) is 46.7 Å². The van der Waals surface area contributed by atoms with Gasteiger partial charge in [-0.25, -0.2) is 0 Å². The highest BCUT2D eigenvalue weighted by atomic mass is 16.2. The summed E-state index contributed by atoms with van der Waals surface area (Å²) in [5.74, 6) is 1.53. The summed E-state index contributed by atoms with van der Waals surface area (Å²) in [7, 11) is 1.99. The van der Waals surface area contributed by atoms with Crippen LogP contribution in [0.4, 0.5) is 11.8 Å². The lowest BCUT2D eigenvalue weighted by Gasteiger charge is -2.34. The SMILES string of the molecule is CC(=O)N1CCN(c2nncc(N(C)Cc3ccccc3)n2)CC1. The van der Waals surface area contributed by atoms with E-state index in [-0.39, 0.29) is 5.91 Å². The summed E-state index contributed by atoms with van der Waals surface area (Å²) in [5, 5.41) is 8.26. The lowest BCUT2D eigenvalue weighted by molar-refractivity contribution is -0.129. The number of carbonyl (C=O) groups is 1. The van der Waals surface area contributed by atoms with E-state index >= 15 is 0 Å². The third-order valence-electron chi connectivity index (χ3n) is 4.20. The Labute approximate surface area is 141 Å². The maximum atomic E-state index is 11.4. The van der Waals surface area contributed by atoms with Gasteiger partial charge in [-0.3, -0.25) is 4.79 Å². The minimum Gasteiger partial charge on any atom is -0.354 e. The van der Waals surface area contributed by atoms with Gasteiger partial charge >= 0.3 is 0 Å². The van der Waals surface area contributed by atoms with E-state index in [1.54, 1.807) is 13.1 Å². The molecule has 1 amide bonds. The fraction of sp³-hybridized carbons (Fsp3) is 0.412. The number of nitrogens with zero attached hydrogens (tertiary/aromatic N) is 6. The second-order valence-corrected chi connectivity index (χ2v) is 5.95. The molecule has 2 aromatic rings. The lowest BCUT2D eigenvalue weighted by Crippen LogP contribution is -2.48. The fourth-order valence-corrected chi connectivity index (χ4v) is 2.76. The van der Waals surface area contributed by atoms with Gasteiger partial charge in [0.05, 0.1) is 6.20 Å². The van der Waals surface area contributed by atoms with Crippen molar-refractivity contribution in [2.24, 2.45) is 0 Å². The maximum Gasteiger partial charge on any atom is 0.247 e. The highest BCUT2D eigenvalue weighted by Gasteiger charge is 2.21. The zero-order valence-electron chi connectivity index (χ0n) is 14.1. The van der Waals surface area contributed by atoms with Crippen LogP contribution in [0, 0.1) is 0 Å². The molecular weight excluding hydrogens is 304 g/mol. The number of hydrogen-bond donors (Lipinski definition) is 0. The molecule has 24 heavy (non-hydrogen) atoms. The van der Waals surface area contributed by atoms with Crippen molar-refractivity contribution in [1.29, 1.82) is 0 Å². The summed E-state index contributed by atoms with van der Waals surface area (Å²) < 4.78 is 0. The van der Waals surface area contributed by atoms with E-state index in [1.165, 1.54) is 5.56 Å². The summed E-state index contributed by atoms with van der Waals surface area (Å²) in [4.78, 5) is 22.0. The average molecular weight is 326 g/mol. The fourth-order valence-electron chi connectivity index (χ4n) is 2.76. The van der Waals surface area contributed by atoms with Crippen molar-refractivity contribution in [3.05, 3.63) is 42.1 Å². The summed E-state index contributed by atoms with van der Waals surface area (Å²) in [6.45, 7) is 5.22. The first-order chi connectivity index (χ1) is 11.6. The smallest absolute Gasteiger partial charge is 0.247 e. The average Bonchev–Trinajstić information content (AvgIpc) is 2.63. The first-order valence-electron chi connectivity index (χ1n) is 8.09. The molecule has 1 aromatic carbocycles. The van der Waals surface area contributed by atoms with Gasteiger partial charge in [-0.1, -0.05) is 30.3 Å². The molecule has 0 radical (unpaired) electrons. The predicted octanol–water partition coefficient (Wildman–Crippen LogP) is 1.18. The van der Waals surface area contributed by atoms with Crippen molar-refractivity contribution in [2.75, 3.05) is 43.0 Å². The Balaban J connectivity index is 1.67. The number of anilines is 2. The van der Waals surface area contributed by atoms with E-state index in [2.05, 4.69) is 37.1 Å². The molecule has 7 heteroatoms. The van der Waals surface area contributed by atoms with Gasteiger partial charge < -0.3 is 14.7 Å². The van der Waals surface area contributed by atoms with Crippen molar-refractivity contribution >= 4 is 17.7 Å². The largest absolute Gasteiger partial charge is 0.354 e. The second-order valence-electron chi connectivity index (χ2n) is 5.95. The zero-order chi connectivity index (χ0) is 16.9. The number of carbonyl (C=O) groups excluding carboxylic acids is 1. The molecule has 0 unspecified atom stereocenters. The molecule has 1 fully saturated rings. The zero-order valence-corrected chi connectivity index (χ0v) is 14.1. The lowest BCUT2D eigenvalue weighted by atomic mass is 10.2. The number of aromatic nitrogens is 3. The van der Waals surface area contributed by atoms with E-state index in [9.17, 15) is 4.79 Å². The summed E-state index contributed by atoms with van der Waals surface area (Å²) >= 11 is 0. The highest BCUT2D eigenvalue weighted by Crippen LogP contribution is 2.16. The number of hydrogen-bond acceptors (Lipinski definition) is 6. The molecule has 0 N–H and O–H groups in total. The topological polar surface area (TPSA) is 65.5 Å². The van der Waals surface area contributed by atoms with Gasteiger partial charge in [-0.2, -0.15) is 10.1 Å². The number of benzene rings is 1. The molecule has 1 saturated heterocycles. The van der Waals surface area contributed by atoms with Gasteiger partial charge in [0.2, 0.25) is 11.9 Å². The highest BCUT2D eigenvalue weighted by molar-refractivity contribution is 5.73. The van der Waals surface area contributed by atoms with Gasteiger partial charge in [0.15, 0.2) is 5.82 Å². The van der Waals surface area contributed by atoms with Gasteiger partial charge in [0.1, 0.15) is 0 Å². The molecular formula is C17H22N6O. The predicted molar refractivity (Wildman–Crippen MR) is 92.8 cm³/mol. The van der Waals surface area contributed by atoms with E-state index in [0.29, 0.717) is 19.0 Å². The van der Waals surface area contributed by atoms with E-state index < -0.39 is 0 Å². The number of piperazine rings is 1. The molecule has 126 valence electrons. The summed E-state index contributed by atoms with van der Waals surface area (Å²) in [6, 6.07) is 10.2. The minimum absolute atomic E-state index is 0.116. The summed E-state index contributed by atoms with van der Waals surface area (Å²) in [6.07, 6.45) is 1.68. The molecule has 0 bridgehead atoms. The molecule has 0 saturated carbocycles. The van der Waals surface area contributed by atoms with Crippen LogP contribution in [0.3, 0.4) is 0 Å². The third-order valence-corrected chi connectivity index (χ3v) is 4.20. The van der Waals surface area contributed by atoms with Gasteiger partial charge in [-0.05, 0) is 5.56 Å². The first-order valence-corrected chi connectivity index (χ1v) is 8.09. The van der Waals surface area contributed by atoms with Gasteiger partial charge in [0.25, 0.3) is 0 Å². The van der Waals surface area contributed by atoms with E-state index in [4.69, 9.17) is 0 Å². The summed E-state index contributed by atoms with van der Waals surface area (Å²) in [5.41, 5.74) is 1.22. The van der Waals surface area contributed by atoms with Crippen LogP contribution in [0.25, 0.3) is 0 Å². The van der Waals surface area contributed by atoms with Crippen molar-refractivity contribution in [2.45, 2.75) is 13.5 Å². The Hall–Kier alpha value is -2.70. The maximum absolute atomic E-state index is 11.4. The Morgan fingerprint density at radius 2 is 1.88 bits per heavy atom. The first kappa shape index (κ1) is 16.2. The Bertz CT molecular complexity index is 684. The van der Waals surface area contributed by atoms with Gasteiger partial charge in [-0.15, -0.1) is 5.10 Å². The van der Waals surface area contributed by atoms with Crippen molar-refractivity contribution < 1.29 is 4.79 Å². The van der Waals surface area contributed by atoms with Crippen LogP contribution in [0.15, 0.2) is 36.5 Å². The van der Waals surface area contributed by atoms with Crippen LogP contribution in [-0.4, -0.2) is 59.2 Å². The Morgan fingerprint density at radius 3 is 2.54 bits per heavy atom. The van der Waals surface area contributed by atoms with Crippen LogP contribution < -0.4 is 9.80 Å². The van der Waals surface area contributed by atoms with Crippen LogP contribution in [-0.2, 0) is 11.3 Å². The monoisotopic (exact) mass is 326 g/mol. The van der Waals surface area contributed by atoms with E-state index in [0.717, 1.165) is 25.5 Å². The van der Waals surface area contributed by atoms with Crippen molar-refractivity contribution in [1.82, 2.24) is 20.1 Å². The molecule has 0 aliphatic carbocycles. The van der Waals surface area contributed by atoms with Crippen molar-refractivity contribution in [3.8, 4) is 0 Å². The Kier molecular flexibility index (Phi) is 4.88. The number of rotatable bonds is 4. The molecule has 7 nitrogen and oxygen atoms in total. The standard InChI is InChI=1S/C17H22N6O/c1-14(24)22-8-10-23(11-9-22)17-19-16(12-18-20-17)21(2)13-15-6-4-3-5-7-15/h3-7,12H,8-11,13H2,1-2H3. The quantitative estimate of drug-likeness (QED) is 0.840. The van der Waals surface area contributed by atoms with Crippen LogP contribution in [0.1, 0.15) is 12.5 Å². The molecule has 1 aliphatic rings. The number of amides is 1. The molecule has 1 aromatic heterocycles. The molecule has 0 atom stereocenters. The third kappa shape index (κ3) is 3.79. The van der Waals surface area contributed by atoms with Crippen molar-refractivity contribution in [3.63, 3.8) is 0 Å². The second kappa shape index (κ2) is 7.25. The molecule has 2 heterocycles. The van der Waals surface area contributed by atoms with E-state index in [1.807, 2.05) is 30.1 Å².